The lowest BCUT2D eigenvalue weighted by Gasteiger charge is -2.18. The van der Waals surface area contributed by atoms with E-state index in [1.54, 1.807) is 6.92 Å². The van der Waals surface area contributed by atoms with Crippen LogP contribution in [0.3, 0.4) is 0 Å². The van der Waals surface area contributed by atoms with Gasteiger partial charge in [0.1, 0.15) is 6.04 Å². The van der Waals surface area contributed by atoms with Gasteiger partial charge in [0.05, 0.1) is 18.2 Å². The Morgan fingerprint density at radius 3 is 2.38 bits per heavy atom. The summed E-state index contributed by atoms with van der Waals surface area (Å²) in [6.07, 6.45) is 2.08. The zero-order chi connectivity index (χ0) is 22.8. The Balaban J connectivity index is 1.60. The van der Waals surface area contributed by atoms with Crippen molar-refractivity contribution in [2.45, 2.75) is 39.7 Å². The average Bonchev–Trinajstić information content (AvgIpc) is 3.34. The Morgan fingerprint density at radius 2 is 1.69 bits per heavy atom. The second-order valence-electron chi connectivity index (χ2n) is 8.56. The highest BCUT2D eigenvalue weighted by molar-refractivity contribution is 6.04. The highest BCUT2D eigenvalue weighted by Crippen LogP contribution is 2.30. The van der Waals surface area contributed by atoms with Crippen molar-refractivity contribution in [3.63, 3.8) is 0 Å². The van der Waals surface area contributed by atoms with E-state index in [4.69, 9.17) is 0 Å². The standard InChI is InChI=1S/C27H29N3O2/c1-16-25(19(4)31)17(2)30-26(16)27(32)18(3)28-14-22(20-10-6-5-7-11-20)23-15-29-24-13-9-8-12-21(23)24/h5-13,15,18,22,28-30H,14H2,1-4H3/p+1/t18-,22+/m0/s1. The van der Waals surface area contributed by atoms with Crippen LogP contribution in [0.15, 0.2) is 60.8 Å². The number of hydrogen-bond acceptors (Lipinski definition) is 2. The summed E-state index contributed by atoms with van der Waals surface area (Å²) in [6, 6.07) is 18.5. The number of rotatable bonds is 8. The van der Waals surface area contributed by atoms with Gasteiger partial charge in [-0.3, -0.25) is 9.59 Å². The summed E-state index contributed by atoms with van der Waals surface area (Å²) in [5.41, 5.74) is 6.23. The molecule has 0 spiro atoms. The first-order valence-corrected chi connectivity index (χ1v) is 11.1. The Morgan fingerprint density at radius 1 is 1.00 bits per heavy atom. The number of nitrogens with two attached hydrogens (primary N) is 1. The Hall–Kier alpha value is -3.44. The minimum absolute atomic E-state index is 0.0174. The first-order chi connectivity index (χ1) is 15.4. The molecule has 4 rings (SSSR count). The normalized spacial score (nSPS) is 13.2. The molecule has 0 saturated heterocycles. The molecule has 32 heavy (non-hydrogen) atoms. The van der Waals surface area contributed by atoms with E-state index in [1.165, 1.54) is 16.5 Å². The lowest BCUT2D eigenvalue weighted by atomic mass is 9.90. The highest BCUT2D eigenvalue weighted by Gasteiger charge is 2.27. The molecule has 0 unspecified atom stereocenters. The van der Waals surface area contributed by atoms with E-state index in [-0.39, 0.29) is 23.5 Å². The third-order valence-corrected chi connectivity index (χ3v) is 6.37. The van der Waals surface area contributed by atoms with Gasteiger partial charge < -0.3 is 15.3 Å². The third-order valence-electron chi connectivity index (χ3n) is 6.37. The third kappa shape index (κ3) is 4.04. The van der Waals surface area contributed by atoms with Crippen molar-refractivity contribution in [2.75, 3.05) is 6.54 Å². The van der Waals surface area contributed by atoms with Crippen LogP contribution in [0.1, 0.15) is 63.0 Å². The van der Waals surface area contributed by atoms with Crippen LogP contribution in [0.2, 0.25) is 0 Å². The first-order valence-electron chi connectivity index (χ1n) is 11.1. The van der Waals surface area contributed by atoms with E-state index in [0.717, 1.165) is 23.3 Å². The number of ketones is 2. The Kier molecular flexibility index (Phi) is 6.10. The molecule has 0 fully saturated rings. The summed E-state index contributed by atoms with van der Waals surface area (Å²) in [6.45, 7) is 7.90. The highest BCUT2D eigenvalue weighted by atomic mass is 16.1. The van der Waals surface area contributed by atoms with Gasteiger partial charge >= 0.3 is 0 Å². The van der Waals surface area contributed by atoms with E-state index >= 15 is 0 Å². The molecule has 0 saturated carbocycles. The molecule has 5 heteroatoms. The van der Waals surface area contributed by atoms with Crippen molar-refractivity contribution < 1.29 is 14.9 Å². The van der Waals surface area contributed by atoms with Crippen molar-refractivity contribution >= 4 is 22.5 Å². The lowest BCUT2D eigenvalue weighted by molar-refractivity contribution is -0.673. The molecule has 2 heterocycles. The number of aromatic nitrogens is 2. The van der Waals surface area contributed by atoms with E-state index in [2.05, 4.69) is 63.9 Å². The Labute approximate surface area is 188 Å². The second-order valence-corrected chi connectivity index (χ2v) is 8.56. The van der Waals surface area contributed by atoms with Crippen LogP contribution in [0.5, 0.6) is 0 Å². The van der Waals surface area contributed by atoms with Gasteiger partial charge in [-0.2, -0.15) is 0 Å². The summed E-state index contributed by atoms with van der Waals surface area (Å²) in [5.74, 6) is 0.140. The maximum absolute atomic E-state index is 13.2. The molecule has 0 aliphatic rings. The molecule has 164 valence electrons. The number of carbonyl (C=O) groups excluding carboxylic acids is 2. The predicted octanol–water partition coefficient (Wildman–Crippen LogP) is 4.28. The number of fused-ring (bicyclic) bond motifs is 1. The van der Waals surface area contributed by atoms with Gasteiger partial charge in [0, 0.05) is 28.4 Å². The molecule has 5 nitrogen and oxygen atoms in total. The number of nitrogens with one attached hydrogen (secondary N) is 2. The minimum atomic E-state index is -0.275. The zero-order valence-corrected chi connectivity index (χ0v) is 19.0. The zero-order valence-electron chi connectivity index (χ0n) is 19.0. The molecule has 0 aliphatic carbocycles. The van der Waals surface area contributed by atoms with E-state index in [1.807, 2.05) is 32.9 Å². The van der Waals surface area contributed by atoms with Crippen LogP contribution in [0, 0.1) is 13.8 Å². The van der Waals surface area contributed by atoms with E-state index in [9.17, 15) is 9.59 Å². The molecule has 2 aromatic carbocycles. The number of carbonyl (C=O) groups is 2. The number of para-hydroxylation sites is 1. The van der Waals surface area contributed by atoms with Gasteiger partial charge in [0.25, 0.3) is 0 Å². The van der Waals surface area contributed by atoms with Crippen LogP contribution >= 0.6 is 0 Å². The molecule has 2 atom stereocenters. The van der Waals surface area contributed by atoms with Crippen LogP contribution in [0.4, 0.5) is 0 Å². The molecule has 0 aliphatic heterocycles. The number of benzene rings is 2. The van der Waals surface area contributed by atoms with Crippen LogP contribution < -0.4 is 5.32 Å². The van der Waals surface area contributed by atoms with Gasteiger partial charge in [0.2, 0.25) is 5.78 Å². The molecular weight excluding hydrogens is 398 g/mol. The summed E-state index contributed by atoms with van der Waals surface area (Å²) in [4.78, 5) is 31.7. The maximum Gasteiger partial charge on any atom is 0.235 e. The molecule has 0 bridgehead atoms. The number of aryl methyl sites for hydroxylation is 1. The van der Waals surface area contributed by atoms with Gasteiger partial charge in [-0.05, 0) is 50.5 Å². The minimum Gasteiger partial charge on any atom is -0.361 e. The van der Waals surface area contributed by atoms with Crippen LogP contribution in [-0.4, -0.2) is 34.1 Å². The fourth-order valence-corrected chi connectivity index (χ4v) is 4.71. The molecule has 4 aromatic rings. The number of Topliss-reactive ketones (excluding diaryl/α,β-unsaturated/α-hetero) is 2. The largest absolute Gasteiger partial charge is 0.361 e. The molecule has 0 radical (unpaired) electrons. The summed E-state index contributed by atoms with van der Waals surface area (Å²) < 4.78 is 0. The molecule has 4 N–H and O–H groups in total. The smallest absolute Gasteiger partial charge is 0.235 e. The number of quaternary nitrogens is 1. The van der Waals surface area contributed by atoms with E-state index in [0.29, 0.717) is 11.3 Å². The van der Waals surface area contributed by atoms with Crippen molar-refractivity contribution in [1.29, 1.82) is 0 Å². The quantitative estimate of drug-likeness (QED) is 0.366. The van der Waals surface area contributed by atoms with Crippen LogP contribution in [0.25, 0.3) is 10.9 Å². The maximum atomic E-state index is 13.2. The predicted molar refractivity (Wildman–Crippen MR) is 127 cm³/mol. The monoisotopic (exact) mass is 428 g/mol. The van der Waals surface area contributed by atoms with Gasteiger partial charge in [-0.25, -0.2) is 0 Å². The fourth-order valence-electron chi connectivity index (χ4n) is 4.71. The SMILES string of the molecule is CC(=O)c1c(C)[nH]c(C(=O)[C@H](C)[NH2+]C[C@H](c2ccccc2)c2c[nH]c3ccccc23)c1C. The lowest BCUT2D eigenvalue weighted by Crippen LogP contribution is -2.92. The van der Waals surface area contributed by atoms with Crippen molar-refractivity contribution in [2.24, 2.45) is 0 Å². The van der Waals surface area contributed by atoms with Crippen molar-refractivity contribution in [3.8, 4) is 0 Å². The summed E-state index contributed by atoms with van der Waals surface area (Å²) in [7, 11) is 0. The van der Waals surface area contributed by atoms with Gasteiger partial charge in [-0.1, -0.05) is 48.5 Å². The molecule has 0 amide bonds. The summed E-state index contributed by atoms with van der Waals surface area (Å²) >= 11 is 0. The Bertz CT molecular complexity index is 1270. The first kappa shape index (κ1) is 21.8. The fraction of sp³-hybridized carbons (Fsp3) is 0.259. The number of aromatic amines is 2. The van der Waals surface area contributed by atoms with E-state index < -0.39 is 0 Å². The van der Waals surface area contributed by atoms with Crippen LogP contribution in [-0.2, 0) is 0 Å². The number of H-pyrrole nitrogens is 2. The average molecular weight is 429 g/mol. The van der Waals surface area contributed by atoms with Gasteiger partial charge in [-0.15, -0.1) is 0 Å². The second kappa shape index (κ2) is 8.97. The summed E-state index contributed by atoms with van der Waals surface area (Å²) in [5, 5.41) is 3.31. The van der Waals surface area contributed by atoms with Crippen molar-refractivity contribution in [1.82, 2.24) is 9.97 Å². The molecule has 2 aromatic heterocycles. The topological polar surface area (TPSA) is 82.3 Å². The van der Waals surface area contributed by atoms with Gasteiger partial charge in [0.15, 0.2) is 5.78 Å². The van der Waals surface area contributed by atoms with Crippen molar-refractivity contribution in [3.05, 3.63) is 94.4 Å². The number of hydrogen-bond donors (Lipinski definition) is 3. The molecular formula is C27H30N3O2+.